The summed E-state index contributed by atoms with van der Waals surface area (Å²) in [4.78, 5) is 2.47. The van der Waals surface area contributed by atoms with Crippen LogP contribution in [0.3, 0.4) is 0 Å². The van der Waals surface area contributed by atoms with Crippen LogP contribution >= 0.6 is 0 Å². The summed E-state index contributed by atoms with van der Waals surface area (Å²) in [6, 6.07) is 0. The van der Waals surface area contributed by atoms with E-state index in [0.717, 1.165) is 39.1 Å². The second-order valence-electron chi connectivity index (χ2n) is 6.12. The second-order valence-corrected chi connectivity index (χ2v) is 6.12. The van der Waals surface area contributed by atoms with Gasteiger partial charge in [-0.05, 0) is 52.6 Å². The number of hydrogen-bond acceptors (Lipinski definition) is 3. The lowest BCUT2D eigenvalue weighted by molar-refractivity contribution is -0.0847. The van der Waals surface area contributed by atoms with Gasteiger partial charge in [-0.15, -0.1) is 0 Å². The molecule has 2 unspecified atom stereocenters. The number of hydrogen-bond donors (Lipinski definition) is 1. The third kappa shape index (κ3) is 3.01. The van der Waals surface area contributed by atoms with Gasteiger partial charge in [0, 0.05) is 18.1 Å². The van der Waals surface area contributed by atoms with E-state index >= 15 is 0 Å². The molecule has 0 aromatic heterocycles. The molecule has 2 rings (SSSR count). The van der Waals surface area contributed by atoms with Crippen molar-refractivity contribution in [2.45, 2.75) is 57.6 Å². The molecule has 100 valence electrons. The molecule has 0 radical (unpaired) electrons. The lowest BCUT2D eigenvalue weighted by Gasteiger charge is -2.46. The fraction of sp³-hybridized carbons (Fsp3) is 1.00. The van der Waals surface area contributed by atoms with Crippen LogP contribution in [-0.4, -0.2) is 48.0 Å². The summed E-state index contributed by atoms with van der Waals surface area (Å²) in [5, 5.41) is 10.6. The van der Waals surface area contributed by atoms with Crippen LogP contribution in [0.4, 0.5) is 0 Å². The maximum atomic E-state index is 10.6. The molecule has 0 aliphatic carbocycles. The molecule has 1 N–H and O–H groups in total. The van der Waals surface area contributed by atoms with Crippen molar-refractivity contribution >= 4 is 0 Å². The zero-order valence-electron chi connectivity index (χ0n) is 11.3. The Morgan fingerprint density at radius 1 is 1.18 bits per heavy atom. The summed E-state index contributed by atoms with van der Waals surface area (Å²) in [7, 11) is 0. The van der Waals surface area contributed by atoms with Crippen molar-refractivity contribution in [1.82, 2.24) is 4.90 Å². The van der Waals surface area contributed by atoms with Gasteiger partial charge in [0.2, 0.25) is 0 Å². The first kappa shape index (κ1) is 13.3. The second kappa shape index (κ2) is 5.68. The van der Waals surface area contributed by atoms with Crippen molar-refractivity contribution in [2.75, 3.05) is 26.3 Å². The maximum absolute atomic E-state index is 10.6. The molecule has 0 amide bonds. The van der Waals surface area contributed by atoms with E-state index in [1.165, 1.54) is 19.3 Å². The van der Waals surface area contributed by atoms with Crippen LogP contribution in [0.2, 0.25) is 0 Å². The highest BCUT2D eigenvalue weighted by molar-refractivity contribution is 4.94. The molecule has 0 saturated carbocycles. The summed E-state index contributed by atoms with van der Waals surface area (Å²) in [5.41, 5.74) is -0.105. The minimum atomic E-state index is -0.263. The molecule has 2 aliphatic heterocycles. The van der Waals surface area contributed by atoms with Crippen LogP contribution in [0.15, 0.2) is 0 Å². The highest BCUT2D eigenvalue weighted by atomic mass is 16.5. The van der Waals surface area contributed by atoms with Crippen LogP contribution in [0, 0.1) is 5.92 Å². The molecular formula is C14H27NO2. The van der Waals surface area contributed by atoms with E-state index in [0.29, 0.717) is 5.92 Å². The van der Waals surface area contributed by atoms with Gasteiger partial charge in [0.25, 0.3) is 0 Å². The molecule has 2 fully saturated rings. The molecule has 0 spiro atoms. The summed E-state index contributed by atoms with van der Waals surface area (Å²) in [6.45, 7) is 8.26. The fourth-order valence-corrected chi connectivity index (χ4v) is 3.25. The number of rotatable bonds is 3. The lowest BCUT2D eigenvalue weighted by atomic mass is 9.82. The largest absolute Gasteiger partial charge is 0.391 e. The zero-order chi connectivity index (χ0) is 12.3. The van der Waals surface area contributed by atoms with E-state index in [1.54, 1.807) is 0 Å². The molecule has 0 aromatic carbocycles. The number of piperidine rings is 1. The van der Waals surface area contributed by atoms with Gasteiger partial charge in [-0.2, -0.15) is 0 Å². The van der Waals surface area contributed by atoms with Gasteiger partial charge in [0.15, 0.2) is 0 Å². The average molecular weight is 241 g/mol. The van der Waals surface area contributed by atoms with E-state index in [4.69, 9.17) is 4.74 Å². The Morgan fingerprint density at radius 2 is 1.88 bits per heavy atom. The van der Waals surface area contributed by atoms with Crippen molar-refractivity contribution in [2.24, 2.45) is 5.92 Å². The van der Waals surface area contributed by atoms with Gasteiger partial charge in [0.1, 0.15) is 0 Å². The van der Waals surface area contributed by atoms with E-state index in [1.807, 2.05) is 0 Å². The topological polar surface area (TPSA) is 32.7 Å². The summed E-state index contributed by atoms with van der Waals surface area (Å²) in [6.07, 6.45) is 5.83. The van der Waals surface area contributed by atoms with Crippen molar-refractivity contribution < 1.29 is 9.84 Å². The standard InChI is InChI=1S/C14H27NO2/c1-14(2,15-8-4-3-5-9-15)13(16)12-7-6-10-17-11-12/h12-13,16H,3-11H2,1-2H3. The quantitative estimate of drug-likeness (QED) is 0.821. The van der Waals surface area contributed by atoms with E-state index in [-0.39, 0.29) is 11.6 Å². The number of nitrogens with zero attached hydrogens (tertiary/aromatic N) is 1. The molecule has 2 aliphatic rings. The van der Waals surface area contributed by atoms with Crippen LogP contribution in [0.5, 0.6) is 0 Å². The number of ether oxygens (including phenoxy) is 1. The Hall–Kier alpha value is -0.120. The van der Waals surface area contributed by atoms with Gasteiger partial charge in [0.05, 0.1) is 12.7 Å². The molecule has 3 heteroatoms. The van der Waals surface area contributed by atoms with Gasteiger partial charge in [-0.3, -0.25) is 4.90 Å². The first-order valence-corrected chi connectivity index (χ1v) is 7.13. The number of likely N-dealkylation sites (tertiary alicyclic amines) is 1. The Balaban J connectivity index is 1.96. The normalized spacial score (nSPS) is 30.2. The van der Waals surface area contributed by atoms with Gasteiger partial charge < -0.3 is 9.84 Å². The highest BCUT2D eigenvalue weighted by Crippen LogP contribution is 2.30. The van der Waals surface area contributed by atoms with E-state index < -0.39 is 0 Å². The number of aliphatic hydroxyl groups is 1. The van der Waals surface area contributed by atoms with Crippen molar-refractivity contribution in [3.8, 4) is 0 Å². The molecular weight excluding hydrogens is 214 g/mol. The van der Waals surface area contributed by atoms with Crippen LogP contribution in [-0.2, 0) is 4.74 Å². The summed E-state index contributed by atoms with van der Waals surface area (Å²) < 4.78 is 5.51. The third-order valence-corrected chi connectivity index (χ3v) is 4.54. The van der Waals surface area contributed by atoms with E-state index in [9.17, 15) is 5.11 Å². The fourth-order valence-electron chi connectivity index (χ4n) is 3.25. The molecule has 17 heavy (non-hydrogen) atoms. The smallest absolute Gasteiger partial charge is 0.0768 e. The van der Waals surface area contributed by atoms with Crippen LogP contribution in [0.1, 0.15) is 46.0 Å². The Labute approximate surface area is 105 Å². The molecule has 2 heterocycles. The Kier molecular flexibility index (Phi) is 4.45. The van der Waals surface area contributed by atoms with Gasteiger partial charge in [-0.25, -0.2) is 0 Å². The minimum absolute atomic E-state index is 0.105. The number of aliphatic hydroxyl groups excluding tert-OH is 1. The SMILES string of the molecule is CC(C)(C(O)C1CCCOC1)N1CCCCC1. The third-order valence-electron chi connectivity index (χ3n) is 4.54. The lowest BCUT2D eigenvalue weighted by Crippen LogP contribution is -2.57. The summed E-state index contributed by atoms with van der Waals surface area (Å²) >= 11 is 0. The maximum Gasteiger partial charge on any atom is 0.0768 e. The average Bonchev–Trinajstić information content (AvgIpc) is 2.40. The van der Waals surface area contributed by atoms with Crippen LogP contribution < -0.4 is 0 Å². The van der Waals surface area contributed by atoms with Crippen molar-refractivity contribution in [3.63, 3.8) is 0 Å². The molecule has 3 nitrogen and oxygen atoms in total. The predicted octanol–water partition coefficient (Wildman–Crippen LogP) is 2.04. The highest BCUT2D eigenvalue weighted by Gasteiger charge is 2.39. The molecule has 2 saturated heterocycles. The zero-order valence-corrected chi connectivity index (χ0v) is 11.3. The van der Waals surface area contributed by atoms with Gasteiger partial charge >= 0.3 is 0 Å². The molecule has 0 bridgehead atoms. The molecule has 2 atom stereocenters. The first-order valence-electron chi connectivity index (χ1n) is 7.13. The van der Waals surface area contributed by atoms with Gasteiger partial charge in [-0.1, -0.05) is 6.42 Å². The monoisotopic (exact) mass is 241 g/mol. The summed E-state index contributed by atoms with van der Waals surface area (Å²) in [5.74, 6) is 0.320. The minimum Gasteiger partial charge on any atom is -0.391 e. The van der Waals surface area contributed by atoms with Crippen molar-refractivity contribution in [3.05, 3.63) is 0 Å². The molecule has 0 aromatic rings. The van der Waals surface area contributed by atoms with Crippen LogP contribution in [0.25, 0.3) is 0 Å². The van der Waals surface area contributed by atoms with Crippen molar-refractivity contribution in [1.29, 1.82) is 0 Å². The predicted molar refractivity (Wildman–Crippen MR) is 69.1 cm³/mol. The first-order chi connectivity index (χ1) is 8.12. The van der Waals surface area contributed by atoms with E-state index in [2.05, 4.69) is 18.7 Å². The Bertz CT molecular complexity index is 230. The Morgan fingerprint density at radius 3 is 2.47 bits per heavy atom.